The maximum absolute atomic E-state index is 12.0. The molecule has 1 amide bonds. The first-order valence-corrected chi connectivity index (χ1v) is 7.25. The second kappa shape index (κ2) is 5.49. The fourth-order valence-electron chi connectivity index (χ4n) is 2.00. The molecule has 0 saturated carbocycles. The van der Waals surface area contributed by atoms with Gasteiger partial charge < -0.3 is 14.4 Å². The third-order valence-corrected chi connectivity index (χ3v) is 4.09. The van der Waals surface area contributed by atoms with Gasteiger partial charge in [-0.1, -0.05) is 0 Å². The smallest absolute Gasteiger partial charge is 0.277 e. The molecule has 0 spiro atoms. The lowest BCUT2D eigenvalue weighted by Gasteiger charge is -2.35. The van der Waals surface area contributed by atoms with E-state index < -0.39 is 16.3 Å². The minimum absolute atomic E-state index is 0.149. The van der Waals surface area contributed by atoms with E-state index in [1.807, 2.05) is 0 Å². The molecule has 2 aliphatic rings. The summed E-state index contributed by atoms with van der Waals surface area (Å²) < 4.78 is 33.9. The van der Waals surface area contributed by atoms with Gasteiger partial charge in [-0.05, 0) is 0 Å². The van der Waals surface area contributed by atoms with E-state index in [0.717, 1.165) is 4.31 Å². The number of carbonyl (C=O) groups is 1. The summed E-state index contributed by atoms with van der Waals surface area (Å²) >= 11 is 0. The highest BCUT2D eigenvalue weighted by molar-refractivity contribution is 7.86. The van der Waals surface area contributed by atoms with Crippen molar-refractivity contribution < 1.29 is 22.7 Å². The van der Waals surface area contributed by atoms with Crippen LogP contribution in [0.4, 0.5) is 0 Å². The van der Waals surface area contributed by atoms with Crippen LogP contribution in [0.15, 0.2) is 0 Å². The van der Waals surface area contributed by atoms with Crippen LogP contribution in [0.2, 0.25) is 0 Å². The van der Waals surface area contributed by atoms with Gasteiger partial charge in [0.25, 0.3) is 16.1 Å². The largest absolute Gasteiger partial charge is 0.376 e. The molecule has 2 heterocycles. The predicted octanol–water partition coefficient (Wildman–Crippen LogP) is -2.25. The van der Waals surface area contributed by atoms with Crippen LogP contribution < -0.4 is 5.14 Å². The molecule has 0 aliphatic carbocycles. The Morgan fingerprint density at radius 3 is 2.33 bits per heavy atom. The average Bonchev–Trinajstić information content (AvgIpc) is 2.38. The SMILES string of the molecule is NS(=O)(=O)N1CCN(C(=O)C2COCCO2)CC1. The molecular weight excluding hydrogens is 262 g/mol. The molecule has 0 aromatic heterocycles. The zero-order valence-corrected chi connectivity index (χ0v) is 10.8. The lowest BCUT2D eigenvalue weighted by molar-refractivity contribution is -0.159. The molecule has 2 saturated heterocycles. The Labute approximate surface area is 106 Å². The van der Waals surface area contributed by atoms with Crippen LogP contribution in [0.5, 0.6) is 0 Å². The van der Waals surface area contributed by atoms with Gasteiger partial charge in [0.1, 0.15) is 0 Å². The van der Waals surface area contributed by atoms with E-state index >= 15 is 0 Å². The first-order chi connectivity index (χ1) is 8.48. The Hall–Kier alpha value is -0.740. The van der Waals surface area contributed by atoms with E-state index in [0.29, 0.717) is 26.3 Å². The summed E-state index contributed by atoms with van der Waals surface area (Å²) in [4.78, 5) is 13.6. The van der Waals surface area contributed by atoms with Gasteiger partial charge in [0, 0.05) is 26.2 Å². The lowest BCUT2D eigenvalue weighted by Crippen LogP contribution is -2.55. The molecule has 1 atom stereocenters. The van der Waals surface area contributed by atoms with Crippen LogP contribution in [0.25, 0.3) is 0 Å². The summed E-state index contributed by atoms with van der Waals surface area (Å²) in [5.74, 6) is -0.149. The Morgan fingerprint density at radius 1 is 1.17 bits per heavy atom. The molecule has 2 aliphatic heterocycles. The third kappa shape index (κ3) is 3.18. The Bertz CT molecular complexity index is 398. The van der Waals surface area contributed by atoms with Crippen molar-refractivity contribution in [3.05, 3.63) is 0 Å². The Balaban J connectivity index is 1.87. The van der Waals surface area contributed by atoms with Gasteiger partial charge in [-0.15, -0.1) is 0 Å². The molecule has 104 valence electrons. The molecule has 18 heavy (non-hydrogen) atoms. The van der Waals surface area contributed by atoms with Gasteiger partial charge in [0.15, 0.2) is 6.10 Å². The molecular formula is C9H17N3O5S. The number of amides is 1. The monoisotopic (exact) mass is 279 g/mol. The van der Waals surface area contributed by atoms with Crippen molar-refractivity contribution in [2.24, 2.45) is 5.14 Å². The standard InChI is InChI=1S/C9H17N3O5S/c10-18(14,15)12-3-1-11(2-4-12)9(13)8-7-16-5-6-17-8/h8H,1-7H2,(H2,10,14,15). The van der Waals surface area contributed by atoms with Crippen molar-refractivity contribution in [1.82, 2.24) is 9.21 Å². The molecule has 1 unspecified atom stereocenters. The van der Waals surface area contributed by atoms with E-state index in [4.69, 9.17) is 14.6 Å². The Kier molecular flexibility index (Phi) is 4.17. The maximum atomic E-state index is 12.0. The summed E-state index contributed by atoms with van der Waals surface area (Å²) in [6, 6.07) is 0. The summed E-state index contributed by atoms with van der Waals surface area (Å²) in [5.41, 5.74) is 0. The van der Waals surface area contributed by atoms with Crippen molar-refractivity contribution in [1.29, 1.82) is 0 Å². The average molecular weight is 279 g/mol. The topological polar surface area (TPSA) is 102 Å². The van der Waals surface area contributed by atoms with E-state index in [-0.39, 0.29) is 25.6 Å². The highest BCUT2D eigenvalue weighted by Crippen LogP contribution is 2.10. The van der Waals surface area contributed by atoms with Gasteiger partial charge in [-0.3, -0.25) is 4.79 Å². The lowest BCUT2D eigenvalue weighted by atomic mass is 10.2. The van der Waals surface area contributed by atoms with Crippen LogP contribution in [0.1, 0.15) is 0 Å². The number of nitrogens with zero attached hydrogens (tertiary/aromatic N) is 2. The van der Waals surface area contributed by atoms with Crippen LogP contribution in [0, 0.1) is 0 Å². The molecule has 2 rings (SSSR count). The molecule has 0 aromatic rings. The minimum atomic E-state index is -3.66. The van der Waals surface area contributed by atoms with Crippen molar-refractivity contribution in [2.45, 2.75) is 6.10 Å². The van der Waals surface area contributed by atoms with Gasteiger partial charge >= 0.3 is 0 Å². The number of piperazine rings is 1. The van der Waals surface area contributed by atoms with Gasteiger partial charge in [-0.25, -0.2) is 5.14 Å². The zero-order valence-electron chi connectivity index (χ0n) is 9.95. The first kappa shape index (κ1) is 13.7. The van der Waals surface area contributed by atoms with E-state index in [1.165, 1.54) is 0 Å². The van der Waals surface area contributed by atoms with Crippen molar-refractivity contribution in [3.8, 4) is 0 Å². The zero-order chi connectivity index (χ0) is 13.2. The summed E-state index contributed by atoms with van der Waals surface area (Å²) in [7, 11) is -3.66. The first-order valence-electron chi connectivity index (χ1n) is 5.74. The normalized spacial score (nSPS) is 27.2. The van der Waals surface area contributed by atoms with Gasteiger partial charge in [0.05, 0.1) is 19.8 Å². The maximum Gasteiger partial charge on any atom is 0.277 e. The van der Waals surface area contributed by atoms with Crippen LogP contribution in [-0.4, -0.2) is 75.6 Å². The van der Waals surface area contributed by atoms with Gasteiger partial charge in [-0.2, -0.15) is 12.7 Å². The fraction of sp³-hybridized carbons (Fsp3) is 0.889. The summed E-state index contributed by atoms with van der Waals surface area (Å²) in [5, 5.41) is 5.02. The number of rotatable bonds is 2. The second-order valence-electron chi connectivity index (χ2n) is 4.20. The quantitative estimate of drug-likeness (QED) is 0.615. The minimum Gasteiger partial charge on any atom is -0.376 e. The number of carbonyl (C=O) groups excluding carboxylic acids is 1. The van der Waals surface area contributed by atoms with E-state index in [1.54, 1.807) is 4.90 Å². The number of ether oxygens (including phenoxy) is 2. The second-order valence-corrected chi connectivity index (χ2v) is 5.75. The highest BCUT2D eigenvalue weighted by Gasteiger charge is 2.31. The summed E-state index contributed by atoms with van der Waals surface area (Å²) in [6.45, 7) is 2.27. The molecule has 8 nitrogen and oxygen atoms in total. The molecule has 2 N–H and O–H groups in total. The summed E-state index contributed by atoms with van der Waals surface area (Å²) in [6.07, 6.45) is -0.570. The molecule has 9 heteroatoms. The number of hydrogen-bond acceptors (Lipinski definition) is 5. The van der Waals surface area contributed by atoms with Crippen molar-refractivity contribution in [3.63, 3.8) is 0 Å². The predicted molar refractivity (Wildman–Crippen MR) is 61.8 cm³/mol. The number of nitrogens with two attached hydrogens (primary N) is 1. The Morgan fingerprint density at radius 2 is 1.83 bits per heavy atom. The van der Waals surface area contributed by atoms with Crippen LogP contribution >= 0.6 is 0 Å². The highest BCUT2D eigenvalue weighted by atomic mass is 32.2. The third-order valence-electron chi connectivity index (χ3n) is 3.00. The molecule has 0 radical (unpaired) electrons. The van der Waals surface area contributed by atoms with Crippen molar-refractivity contribution in [2.75, 3.05) is 46.0 Å². The molecule has 2 fully saturated rings. The van der Waals surface area contributed by atoms with E-state index in [9.17, 15) is 13.2 Å². The molecule has 0 bridgehead atoms. The van der Waals surface area contributed by atoms with Crippen LogP contribution in [0.3, 0.4) is 0 Å². The van der Waals surface area contributed by atoms with Crippen LogP contribution in [-0.2, 0) is 24.5 Å². The van der Waals surface area contributed by atoms with E-state index in [2.05, 4.69) is 0 Å². The van der Waals surface area contributed by atoms with Crippen molar-refractivity contribution >= 4 is 16.1 Å². The fourth-order valence-corrected chi connectivity index (χ4v) is 2.67. The molecule has 0 aromatic carbocycles. The number of hydrogen-bond donors (Lipinski definition) is 1. The van der Waals surface area contributed by atoms with Gasteiger partial charge in [0.2, 0.25) is 0 Å².